The first-order valence-corrected chi connectivity index (χ1v) is 5.61. The molecule has 0 atom stereocenters. The zero-order chi connectivity index (χ0) is 12.9. The molecule has 3 nitrogen and oxygen atoms in total. The minimum atomic E-state index is -4.13. The van der Waals surface area contributed by atoms with Crippen LogP contribution in [0.15, 0.2) is 12.7 Å². The molecule has 1 N–H and O–H groups in total. The number of amides is 1. The first kappa shape index (κ1) is 14.0. The summed E-state index contributed by atoms with van der Waals surface area (Å²) in [6.07, 6.45) is -2.48. The summed E-state index contributed by atoms with van der Waals surface area (Å²) in [6.45, 7) is 4.56. The lowest BCUT2D eigenvalue weighted by Crippen LogP contribution is -2.45. The second-order valence-electron chi connectivity index (χ2n) is 4.12. The van der Waals surface area contributed by atoms with Gasteiger partial charge in [0.25, 0.3) is 0 Å². The highest BCUT2D eigenvalue weighted by molar-refractivity contribution is 5.78. The van der Waals surface area contributed by atoms with E-state index in [1.165, 1.54) is 4.90 Å². The van der Waals surface area contributed by atoms with Gasteiger partial charge >= 0.3 is 6.18 Å². The van der Waals surface area contributed by atoms with Gasteiger partial charge < -0.3 is 10.2 Å². The van der Waals surface area contributed by atoms with Crippen molar-refractivity contribution in [3.63, 3.8) is 0 Å². The van der Waals surface area contributed by atoms with Gasteiger partial charge in [0.15, 0.2) is 0 Å². The first-order valence-electron chi connectivity index (χ1n) is 5.61. The number of hydrogen-bond donors (Lipinski definition) is 1. The number of hydrogen-bond acceptors (Lipinski definition) is 2. The summed E-state index contributed by atoms with van der Waals surface area (Å²) in [5, 5.41) is 2.84. The largest absolute Gasteiger partial charge is 0.391 e. The van der Waals surface area contributed by atoms with Gasteiger partial charge in [-0.2, -0.15) is 13.2 Å². The van der Waals surface area contributed by atoms with E-state index < -0.39 is 12.1 Å². The Labute approximate surface area is 98.7 Å². The Kier molecular flexibility index (Phi) is 4.99. The van der Waals surface area contributed by atoms with E-state index in [0.29, 0.717) is 6.54 Å². The number of carbonyl (C=O) groups excluding carboxylic acids is 1. The minimum absolute atomic E-state index is 0.0106. The molecule has 0 aliphatic carbocycles. The SMILES string of the molecule is C=CCNCC(=O)N1CCC(C(F)(F)F)CC1. The maximum Gasteiger partial charge on any atom is 0.391 e. The molecule has 0 aromatic carbocycles. The highest BCUT2D eigenvalue weighted by Gasteiger charge is 2.41. The Morgan fingerprint density at radius 2 is 2.00 bits per heavy atom. The molecule has 1 heterocycles. The summed E-state index contributed by atoms with van der Waals surface area (Å²) in [7, 11) is 0. The van der Waals surface area contributed by atoms with Gasteiger partial charge in [0.2, 0.25) is 5.91 Å². The molecule has 0 saturated carbocycles. The van der Waals surface area contributed by atoms with Crippen LogP contribution in [-0.2, 0) is 4.79 Å². The zero-order valence-corrected chi connectivity index (χ0v) is 9.59. The van der Waals surface area contributed by atoms with Crippen LogP contribution in [0.1, 0.15) is 12.8 Å². The molecule has 1 saturated heterocycles. The number of alkyl halides is 3. The maximum absolute atomic E-state index is 12.4. The summed E-state index contributed by atoms with van der Waals surface area (Å²) in [5.41, 5.74) is 0. The normalized spacial score (nSPS) is 18.2. The van der Waals surface area contributed by atoms with E-state index in [0.717, 1.165) is 0 Å². The van der Waals surface area contributed by atoms with Crippen LogP contribution in [0, 0.1) is 5.92 Å². The molecule has 0 radical (unpaired) electrons. The quantitative estimate of drug-likeness (QED) is 0.606. The van der Waals surface area contributed by atoms with Gasteiger partial charge in [0, 0.05) is 19.6 Å². The van der Waals surface area contributed by atoms with Crippen molar-refractivity contribution in [3.8, 4) is 0 Å². The molecule has 1 aliphatic rings. The smallest absolute Gasteiger partial charge is 0.342 e. The highest BCUT2D eigenvalue weighted by atomic mass is 19.4. The molecule has 1 amide bonds. The average Bonchev–Trinajstić information content (AvgIpc) is 2.28. The van der Waals surface area contributed by atoms with Crippen molar-refractivity contribution in [2.75, 3.05) is 26.2 Å². The summed E-state index contributed by atoms with van der Waals surface area (Å²) in [6, 6.07) is 0. The number of piperidine rings is 1. The minimum Gasteiger partial charge on any atom is -0.342 e. The molecule has 0 unspecified atom stereocenters. The fourth-order valence-electron chi connectivity index (χ4n) is 1.85. The van der Waals surface area contributed by atoms with Crippen LogP contribution in [-0.4, -0.2) is 43.2 Å². The zero-order valence-electron chi connectivity index (χ0n) is 9.59. The fraction of sp³-hybridized carbons (Fsp3) is 0.727. The molecule has 0 spiro atoms. The molecule has 6 heteroatoms. The predicted molar refractivity (Wildman–Crippen MR) is 58.4 cm³/mol. The van der Waals surface area contributed by atoms with Crippen LogP contribution >= 0.6 is 0 Å². The molecule has 0 aromatic heterocycles. The van der Waals surface area contributed by atoms with Crippen LogP contribution in [0.2, 0.25) is 0 Å². The average molecular weight is 250 g/mol. The number of nitrogens with zero attached hydrogens (tertiary/aromatic N) is 1. The molecule has 98 valence electrons. The highest BCUT2D eigenvalue weighted by Crippen LogP contribution is 2.33. The molecule has 1 fully saturated rings. The van der Waals surface area contributed by atoms with Crippen molar-refractivity contribution in [3.05, 3.63) is 12.7 Å². The first-order chi connectivity index (χ1) is 7.95. The van der Waals surface area contributed by atoms with Gasteiger partial charge in [-0.3, -0.25) is 4.79 Å². The third-order valence-corrected chi connectivity index (χ3v) is 2.88. The number of rotatable bonds is 4. The summed E-state index contributed by atoms with van der Waals surface area (Å²) in [4.78, 5) is 13.1. The van der Waals surface area contributed by atoms with Crippen molar-refractivity contribution in [1.29, 1.82) is 0 Å². The van der Waals surface area contributed by atoms with E-state index in [2.05, 4.69) is 11.9 Å². The molecular weight excluding hydrogens is 233 g/mol. The Balaban J connectivity index is 2.31. The summed E-state index contributed by atoms with van der Waals surface area (Å²) >= 11 is 0. The molecular formula is C11H17F3N2O. The standard InChI is InChI=1S/C11H17F3N2O/c1-2-5-15-8-10(17)16-6-3-9(4-7-16)11(12,13)14/h2,9,15H,1,3-8H2. The monoisotopic (exact) mass is 250 g/mol. The number of nitrogens with one attached hydrogen (secondary N) is 1. The van der Waals surface area contributed by atoms with Crippen LogP contribution in [0.5, 0.6) is 0 Å². The third-order valence-electron chi connectivity index (χ3n) is 2.88. The number of carbonyl (C=O) groups is 1. The predicted octanol–water partition coefficient (Wildman–Crippen LogP) is 1.56. The van der Waals surface area contributed by atoms with E-state index in [9.17, 15) is 18.0 Å². The molecule has 0 bridgehead atoms. The lowest BCUT2D eigenvalue weighted by molar-refractivity contribution is -0.186. The van der Waals surface area contributed by atoms with Gasteiger partial charge in [-0.15, -0.1) is 6.58 Å². The van der Waals surface area contributed by atoms with Gasteiger partial charge in [0.05, 0.1) is 12.5 Å². The van der Waals surface area contributed by atoms with E-state index in [-0.39, 0.29) is 38.4 Å². The van der Waals surface area contributed by atoms with Gasteiger partial charge in [-0.1, -0.05) is 6.08 Å². The maximum atomic E-state index is 12.4. The van der Waals surface area contributed by atoms with Gasteiger partial charge in [-0.25, -0.2) is 0 Å². The van der Waals surface area contributed by atoms with Crippen molar-refractivity contribution < 1.29 is 18.0 Å². The summed E-state index contributed by atoms with van der Waals surface area (Å²) < 4.78 is 37.2. The van der Waals surface area contributed by atoms with E-state index in [1.807, 2.05) is 0 Å². The Morgan fingerprint density at radius 1 is 1.41 bits per heavy atom. The topological polar surface area (TPSA) is 32.3 Å². The lowest BCUT2D eigenvalue weighted by atomic mass is 9.96. The van der Waals surface area contributed by atoms with Crippen molar-refractivity contribution in [2.24, 2.45) is 5.92 Å². The van der Waals surface area contributed by atoms with E-state index in [4.69, 9.17) is 0 Å². The number of halogens is 3. The second kappa shape index (κ2) is 6.05. The summed E-state index contributed by atoms with van der Waals surface area (Å²) in [5.74, 6) is -1.40. The van der Waals surface area contributed by atoms with Crippen LogP contribution in [0.3, 0.4) is 0 Å². The lowest BCUT2D eigenvalue weighted by Gasteiger charge is -2.33. The van der Waals surface area contributed by atoms with Crippen molar-refractivity contribution >= 4 is 5.91 Å². The Bertz CT molecular complexity index is 270. The third kappa shape index (κ3) is 4.38. The Hall–Kier alpha value is -1.04. The Morgan fingerprint density at radius 3 is 2.47 bits per heavy atom. The van der Waals surface area contributed by atoms with Gasteiger partial charge in [-0.05, 0) is 12.8 Å². The molecule has 0 aromatic rings. The van der Waals surface area contributed by atoms with Crippen molar-refractivity contribution in [2.45, 2.75) is 19.0 Å². The van der Waals surface area contributed by atoms with E-state index in [1.54, 1.807) is 6.08 Å². The second-order valence-corrected chi connectivity index (χ2v) is 4.12. The molecule has 1 aliphatic heterocycles. The van der Waals surface area contributed by atoms with Crippen LogP contribution < -0.4 is 5.32 Å². The van der Waals surface area contributed by atoms with Gasteiger partial charge in [0.1, 0.15) is 0 Å². The van der Waals surface area contributed by atoms with Crippen molar-refractivity contribution in [1.82, 2.24) is 10.2 Å². The molecule has 17 heavy (non-hydrogen) atoms. The van der Waals surface area contributed by atoms with E-state index >= 15 is 0 Å². The van der Waals surface area contributed by atoms with Crippen LogP contribution in [0.4, 0.5) is 13.2 Å². The van der Waals surface area contributed by atoms with Crippen LogP contribution in [0.25, 0.3) is 0 Å². The molecule has 1 rings (SSSR count). The number of likely N-dealkylation sites (tertiary alicyclic amines) is 1. The fourth-order valence-corrected chi connectivity index (χ4v) is 1.85.